The molecule has 0 saturated heterocycles. The van der Waals surface area contributed by atoms with Gasteiger partial charge in [-0.15, -0.1) is 0 Å². The zero-order valence-corrected chi connectivity index (χ0v) is 11.0. The van der Waals surface area contributed by atoms with Gasteiger partial charge in [-0.25, -0.2) is 4.52 Å². The van der Waals surface area contributed by atoms with Gasteiger partial charge in [-0.1, -0.05) is 19.9 Å². The molecule has 3 heteroatoms. The number of anilines is 1. The molecule has 2 heterocycles. The number of fused-ring (bicyclic) bond motifs is 1. The Hall–Kier alpha value is -1.51. The van der Waals surface area contributed by atoms with Crippen molar-refractivity contribution >= 4 is 11.2 Å². The fourth-order valence-electron chi connectivity index (χ4n) is 2.37. The summed E-state index contributed by atoms with van der Waals surface area (Å²) in [6, 6.07) is 6.25. The molecule has 2 rings (SSSR count). The maximum absolute atomic E-state index is 4.57. The van der Waals surface area contributed by atoms with Gasteiger partial charge in [-0.05, 0) is 31.9 Å². The Balaban J connectivity index is 2.47. The third-order valence-electron chi connectivity index (χ3n) is 2.99. The first-order valence-electron chi connectivity index (χ1n) is 6.46. The van der Waals surface area contributed by atoms with Gasteiger partial charge in [0, 0.05) is 19.3 Å². The molecule has 17 heavy (non-hydrogen) atoms. The van der Waals surface area contributed by atoms with Crippen LogP contribution in [0.5, 0.6) is 0 Å². The number of aryl methyl sites for hydroxylation is 1. The van der Waals surface area contributed by atoms with Gasteiger partial charge >= 0.3 is 0 Å². The van der Waals surface area contributed by atoms with Crippen molar-refractivity contribution in [3.05, 3.63) is 30.1 Å². The van der Waals surface area contributed by atoms with Crippen LogP contribution in [0.3, 0.4) is 0 Å². The number of pyridine rings is 1. The molecule has 0 saturated carbocycles. The Labute approximate surface area is 103 Å². The summed E-state index contributed by atoms with van der Waals surface area (Å²) in [6.07, 6.45) is 4.36. The zero-order chi connectivity index (χ0) is 12.3. The van der Waals surface area contributed by atoms with Gasteiger partial charge in [0.2, 0.25) is 0 Å². The molecule has 0 aliphatic rings. The second-order valence-electron chi connectivity index (χ2n) is 4.45. The second kappa shape index (κ2) is 5.21. The Kier molecular flexibility index (Phi) is 3.67. The Morgan fingerprint density at radius 2 is 1.88 bits per heavy atom. The van der Waals surface area contributed by atoms with Gasteiger partial charge in [0.05, 0.1) is 16.9 Å². The minimum Gasteiger partial charge on any atom is -0.368 e. The monoisotopic (exact) mass is 231 g/mol. The molecule has 0 atom stereocenters. The fourth-order valence-corrected chi connectivity index (χ4v) is 2.37. The molecular formula is C14H21N3. The van der Waals surface area contributed by atoms with E-state index in [9.17, 15) is 0 Å². The smallest absolute Gasteiger partial charge is 0.0898 e. The molecule has 0 aliphatic carbocycles. The molecule has 0 amide bonds. The van der Waals surface area contributed by atoms with Crippen molar-refractivity contribution in [2.24, 2.45) is 0 Å². The van der Waals surface area contributed by atoms with E-state index in [1.807, 2.05) is 16.8 Å². The summed E-state index contributed by atoms with van der Waals surface area (Å²) in [7, 11) is 0. The summed E-state index contributed by atoms with van der Waals surface area (Å²) in [5, 5.41) is 4.57. The molecule has 92 valence electrons. The SMILES string of the molecule is CCCN(CCC)c1c(C)nn2ccccc12. The Morgan fingerprint density at radius 1 is 1.18 bits per heavy atom. The molecule has 0 fully saturated rings. The third kappa shape index (κ3) is 2.28. The van der Waals surface area contributed by atoms with Crippen LogP contribution in [-0.2, 0) is 0 Å². The summed E-state index contributed by atoms with van der Waals surface area (Å²) >= 11 is 0. The summed E-state index contributed by atoms with van der Waals surface area (Å²) < 4.78 is 1.98. The molecule has 0 N–H and O–H groups in total. The van der Waals surface area contributed by atoms with Crippen molar-refractivity contribution in [2.45, 2.75) is 33.6 Å². The van der Waals surface area contributed by atoms with Crippen LogP contribution in [0.25, 0.3) is 5.52 Å². The lowest BCUT2D eigenvalue weighted by Gasteiger charge is -2.23. The molecule has 0 bridgehead atoms. The largest absolute Gasteiger partial charge is 0.368 e. The van der Waals surface area contributed by atoms with Crippen molar-refractivity contribution < 1.29 is 0 Å². The van der Waals surface area contributed by atoms with Crippen LogP contribution < -0.4 is 4.90 Å². The minimum atomic E-state index is 1.10. The molecule has 0 spiro atoms. The van der Waals surface area contributed by atoms with Gasteiger partial charge in [0.25, 0.3) is 0 Å². The predicted molar refractivity (Wildman–Crippen MR) is 72.7 cm³/mol. The molecule has 0 aliphatic heterocycles. The fraction of sp³-hybridized carbons (Fsp3) is 0.500. The summed E-state index contributed by atoms with van der Waals surface area (Å²) in [6.45, 7) is 8.75. The highest BCUT2D eigenvalue weighted by molar-refractivity contribution is 5.75. The van der Waals surface area contributed by atoms with Crippen LogP contribution in [0.2, 0.25) is 0 Å². The van der Waals surface area contributed by atoms with E-state index in [1.165, 1.54) is 24.0 Å². The highest BCUT2D eigenvalue weighted by atomic mass is 15.3. The maximum atomic E-state index is 4.57. The highest BCUT2D eigenvalue weighted by Crippen LogP contribution is 2.26. The topological polar surface area (TPSA) is 20.5 Å². The molecule has 3 nitrogen and oxygen atoms in total. The van der Waals surface area contributed by atoms with Crippen molar-refractivity contribution in [3.63, 3.8) is 0 Å². The van der Waals surface area contributed by atoms with Gasteiger partial charge in [-0.2, -0.15) is 5.10 Å². The highest BCUT2D eigenvalue weighted by Gasteiger charge is 2.14. The molecule has 2 aromatic heterocycles. The molecule has 0 radical (unpaired) electrons. The van der Waals surface area contributed by atoms with Crippen LogP contribution in [0.4, 0.5) is 5.69 Å². The van der Waals surface area contributed by atoms with Crippen molar-refractivity contribution in [1.29, 1.82) is 0 Å². The van der Waals surface area contributed by atoms with E-state index >= 15 is 0 Å². The lowest BCUT2D eigenvalue weighted by Crippen LogP contribution is -2.25. The molecule has 0 aromatic carbocycles. The average Bonchev–Trinajstić information content (AvgIpc) is 2.64. The number of hydrogen-bond acceptors (Lipinski definition) is 2. The Morgan fingerprint density at radius 3 is 2.53 bits per heavy atom. The lowest BCUT2D eigenvalue weighted by atomic mass is 10.2. The first kappa shape index (κ1) is 12.0. The third-order valence-corrected chi connectivity index (χ3v) is 2.99. The van der Waals surface area contributed by atoms with E-state index in [2.05, 4.69) is 42.9 Å². The van der Waals surface area contributed by atoms with Gasteiger partial charge in [0.15, 0.2) is 0 Å². The quantitative estimate of drug-likeness (QED) is 0.787. The van der Waals surface area contributed by atoms with Crippen LogP contribution in [0.1, 0.15) is 32.4 Å². The predicted octanol–water partition coefficient (Wildman–Crippen LogP) is 3.27. The van der Waals surface area contributed by atoms with Gasteiger partial charge < -0.3 is 4.90 Å². The molecule has 0 unspecified atom stereocenters. The first-order valence-corrected chi connectivity index (χ1v) is 6.46. The van der Waals surface area contributed by atoms with E-state index in [0.717, 1.165) is 18.8 Å². The number of hydrogen-bond donors (Lipinski definition) is 0. The maximum Gasteiger partial charge on any atom is 0.0898 e. The van der Waals surface area contributed by atoms with E-state index in [-0.39, 0.29) is 0 Å². The van der Waals surface area contributed by atoms with Crippen molar-refractivity contribution in [1.82, 2.24) is 9.61 Å². The lowest BCUT2D eigenvalue weighted by molar-refractivity contribution is 0.745. The van der Waals surface area contributed by atoms with Crippen LogP contribution in [0, 0.1) is 6.92 Å². The Bertz CT molecular complexity index is 481. The van der Waals surface area contributed by atoms with E-state index in [0.29, 0.717) is 0 Å². The van der Waals surface area contributed by atoms with Crippen LogP contribution in [-0.4, -0.2) is 22.7 Å². The van der Waals surface area contributed by atoms with E-state index in [1.54, 1.807) is 0 Å². The number of nitrogens with zero attached hydrogens (tertiary/aromatic N) is 3. The normalized spacial score (nSPS) is 11.0. The van der Waals surface area contributed by atoms with E-state index < -0.39 is 0 Å². The van der Waals surface area contributed by atoms with Crippen molar-refractivity contribution in [3.8, 4) is 0 Å². The molecule has 2 aromatic rings. The second-order valence-corrected chi connectivity index (χ2v) is 4.45. The average molecular weight is 231 g/mol. The first-order chi connectivity index (χ1) is 8.27. The van der Waals surface area contributed by atoms with Crippen molar-refractivity contribution in [2.75, 3.05) is 18.0 Å². The van der Waals surface area contributed by atoms with E-state index in [4.69, 9.17) is 0 Å². The number of aromatic nitrogens is 2. The number of rotatable bonds is 5. The van der Waals surface area contributed by atoms with Crippen LogP contribution in [0.15, 0.2) is 24.4 Å². The zero-order valence-electron chi connectivity index (χ0n) is 11.0. The standard InChI is InChI=1S/C14H21N3/c1-4-9-16(10-5-2)14-12(3)15-17-11-7-6-8-13(14)17/h6-8,11H,4-5,9-10H2,1-3H3. The summed E-state index contributed by atoms with van der Waals surface area (Å²) in [5.41, 5.74) is 3.64. The molecular weight excluding hydrogens is 210 g/mol. The van der Waals surface area contributed by atoms with Gasteiger partial charge in [-0.3, -0.25) is 0 Å². The summed E-state index contributed by atoms with van der Waals surface area (Å²) in [4.78, 5) is 2.46. The summed E-state index contributed by atoms with van der Waals surface area (Å²) in [5.74, 6) is 0. The van der Waals surface area contributed by atoms with Crippen LogP contribution >= 0.6 is 0 Å². The minimum absolute atomic E-state index is 1.10. The van der Waals surface area contributed by atoms with Gasteiger partial charge in [0.1, 0.15) is 0 Å².